The first-order chi connectivity index (χ1) is 21.7. The molecule has 5 rings (SSSR count). The lowest BCUT2D eigenvalue weighted by Gasteiger charge is -2.34. The molecule has 0 spiro atoms. The standard InChI is InChI=1S/C35H35BrClN3O4S/c36-28-13-9-12-27(22-28)24-39(33(23-26-10-3-1-4-11-26)35(42)38-30-14-7-8-15-30)34(41)25-40(31-20-18-29(37)19-21-31)45(43,44)32-16-5-2-6-17-32/h1-6,9-13,16-22,30,33H,7-8,14-15,23-25H2,(H,38,42)/t33-/m1/s1. The number of carbonyl (C=O) groups excluding carboxylic acids is 2. The van der Waals surface area contributed by atoms with E-state index in [1.54, 1.807) is 42.5 Å². The predicted octanol–water partition coefficient (Wildman–Crippen LogP) is 7.00. The van der Waals surface area contributed by atoms with Gasteiger partial charge in [-0.3, -0.25) is 13.9 Å². The third-order valence-electron chi connectivity index (χ3n) is 7.94. The van der Waals surface area contributed by atoms with Gasteiger partial charge in [-0.2, -0.15) is 0 Å². The fourth-order valence-electron chi connectivity index (χ4n) is 5.61. The van der Waals surface area contributed by atoms with Crippen molar-refractivity contribution in [3.05, 3.63) is 130 Å². The van der Waals surface area contributed by atoms with E-state index in [2.05, 4.69) is 21.2 Å². The molecule has 10 heteroatoms. The van der Waals surface area contributed by atoms with Gasteiger partial charge in [-0.25, -0.2) is 8.42 Å². The normalized spacial score (nSPS) is 14.1. The van der Waals surface area contributed by atoms with Gasteiger partial charge in [0.05, 0.1) is 10.6 Å². The van der Waals surface area contributed by atoms with E-state index in [9.17, 15) is 18.0 Å². The summed E-state index contributed by atoms with van der Waals surface area (Å²) in [6.07, 6.45) is 4.14. The Morgan fingerprint density at radius 3 is 2.11 bits per heavy atom. The Morgan fingerprint density at radius 2 is 1.47 bits per heavy atom. The minimum absolute atomic E-state index is 0.0441. The van der Waals surface area contributed by atoms with Crippen LogP contribution in [0.4, 0.5) is 5.69 Å². The highest BCUT2D eigenvalue weighted by molar-refractivity contribution is 9.10. The summed E-state index contributed by atoms with van der Waals surface area (Å²) in [4.78, 5) is 30.2. The van der Waals surface area contributed by atoms with E-state index in [1.165, 1.54) is 17.0 Å². The van der Waals surface area contributed by atoms with Gasteiger partial charge in [-0.1, -0.05) is 101 Å². The van der Waals surface area contributed by atoms with E-state index >= 15 is 0 Å². The average molecular weight is 709 g/mol. The average Bonchev–Trinajstić information content (AvgIpc) is 3.56. The zero-order valence-corrected chi connectivity index (χ0v) is 27.8. The van der Waals surface area contributed by atoms with Crippen LogP contribution in [0.15, 0.2) is 119 Å². The van der Waals surface area contributed by atoms with Crippen LogP contribution in [0.5, 0.6) is 0 Å². The number of benzene rings is 4. The highest BCUT2D eigenvalue weighted by Gasteiger charge is 2.35. The molecule has 45 heavy (non-hydrogen) atoms. The van der Waals surface area contributed by atoms with Crippen LogP contribution in [0, 0.1) is 0 Å². The second-order valence-corrected chi connectivity index (χ2v) is 14.4. The molecule has 0 bridgehead atoms. The van der Waals surface area contributed by atoms with E-state index < -0.39 is 28.5 Å². The van der Waals surface area contributed by atoms with Gasteiger partial charge >= 0.3 is 0 Å². The first-order valence-corrected chi connectivity index (χ1v) is 17.5. The predicted molar refractivity (Wildman–Crippen MR) is 181 cm³/mol. The SMILES string of the molecule is O=C(NC1CCCC1)[C@@H](Cc1ccccc1)N(Cc1cccc(Br)c1)C(=O)CN(c1ccc(Cl)cc1)S(=O)(=O)c1ccccc1. The number of rotatable bonds is 12. The zero-order chi connectivity index (χ0) is 31.8. The lowest BCUT2D eigenvalue weighted by atomic mass is 10.0. The van der Waals surface area contributed by atoms with Crippen LogP contribution >= 0.6 is 27.5 Å². The number of sulfonamides is 1. The van der Waals surface area contributed by atoms with Crippen LogP contribution in [0.3, 0.4) is 0 Å². The summed E-state index contributed by atoms with van der Waals surface area (Å²) in [6, 6.07) is 30.6. The summed E-state index contributed by atoms with van der Waals surface area (Å²) in [5, 5.41) is 3.63. The quantitative estimate of drug-likeness (QED) is 0.172. The molecule has 0 aliphatic heterocycles. The molecular formula is C35H35BrClN3O4S. The Balaban J connectivity index is 1.56. The Kier molecular flexibility index (Phi) is 11.0. The summed E-state index contributed by atoms with van der Waals surface area (Å²) in [5.41, 5.74) is 1.98. The Morgan fingerprint density at radius 1 is 0.844 bits per heavy atom. The van der Waals surface area contributed by atoms with Crippen molar-refractivity contribution in [3.8, 4) is 0 Å². The lowest BCUT2D eigenvalue weighted by molar-refractivity contribution is -0.140. The third-order valence-corrected chi connectivity index (χ3v) is 10.5. The van der Waals surface area contributed by atoms with Crippen molar-refractivity contribution in [2.75, 3.05) is 10.8 Å². The zero-order valence-electron chi connectivity index (χ0n) is 24.7. The van der Waals surface area contributed by atoms with Crippen LogP contribution in [-0.2, 0) is 32.6 Å². The molecule has 4 aromatic carbocycles. The Labute approximate surface area is 278 Å². The van der Waals surface area contributed by atoms with Crippen LogP contribution in [0.1, 0.15) is 36.8 Å². The number of nitrogens with zero attached hydrogens (tertiary/aromatic N) is 2. The summed E-state index contributed by atoms with van der Waals surface area (Å²) in [5.74, 6) is -0.759. The molecule has 234 valence electrons. The van der Waals surface area contributed by atoms with Crippen LogP contribution in [0.2, 0.25) is 5.02 Å². The smallest absolute Gasteiger partial charge is 0.264 e. The van der Waals surface area contributed by atoms with Crippen molar-refractivity contribution >= 4 is 55.1 Å². The van der Waals surface area contributed by atoms with Crippen molar-refractivity contribution in [2.45, 2.75) is 55.6 Å². The van der Waals surface area contributed by atoms with E-state index in [4.69, 9.17) is 11.6 Å². The lowest BCUT2D eigenvalue weighted by Crippen LogP contribution is -2.54. The van der Waals surface area contributed by atoms with Gasteiger partial charge in [-0.15, -0.1) is 0 Å². The molecule has 0 aromatic heterocycles. The molecule has 1 fully saturated rings. The van der Waals surface area contributed by atoms with Gasteiger partial charge in [0, 0.05) is 28.5 Å². The fourth-order valence-corrected chi connectivity index (χ4v) is 7.62. The number of amides is 2. The van der Waals surface area contributed by atoms with Gasteiger partial charge in [0.15, 0.2) is 0 Å². The monoisotopic (exact) mass is 707 g/mol. The second-order valence-electron chi connectivity index (χ2n) is 11.1. The van der Waals surface area contributed by atoms with Crippen molar-refractivity contribution in [1.29, 1.82) is 0 Å². The first kappa shape index (κ1) is 32.7. The Hall–Kier alpha value is -3.66. The van der Waals surface area contributed by atoms with Crippen LogP contribution in [0.25, 0.3) is 0 Å². The molecule has 0 saturated heterocycles. The van der Waals surface area contributed by atoms with Crippen LogP contribution in [-0.4, -0.2) is 43.8 Å². The molecule has 4 aromatic rings. The molecule has 0 radical (unpaired) electrons. The maximum absolute atomic E-state index is 14.5. The van der Waals surface area contributed by atoms with Gasteiger partial charge in [0.1, 0.15) is 12.6 Å². The minimum Gasteiger partial charge on any atom is -0.352 e. The van der Waals surface area contributed by atoms with Gasteiger partial charge in [0.25, 0.3) is 10.0 Å². The fraction of sp³-hybridized carbons (Fsp3) is 0.257. The minimum atomic E-state index is -4.16. The maximum atomic E-state index is 14.5. The molecule has 1 N–H and O–H groups in total. The number of hydrogen-bond acceptors (Lipinski definition) is 4. The van der Waals surface area contributed by atoms with Gasteiger partial charge < -0.3 is 10.2 Å². The van der Waals surface area contributed by atoms with Crippen molar-refractivity contribution in [3.63, 3.8) is 0 Å². The number of nitrogens with one attached hydrogen (secondary N) is 1. The largest absolute Gasteiger partial charge is 0.352 e. The first-order valence-electron chi connectivity index (χ1n) is 14.9. The molecule has 1 aliphatic carbocycles. The van der Waals surface area contributed by atoms with Crippen molar-refractivity contribution in [1.82, 2.24) is 10.2 Å². The molecule has 0 heterocycles. The topological polar surface area (TPSA) is 86.8 Å². The summed E-state index contributed by atoms with van der Waals surface area (Å²) in [6.45, 7) is -0.414. The highest BCUT2D eigenvalue weighted by Crippen LogP contribution is 2.27. The van der Waals surface area contributed by atoms with Crippen molar-refractivity contribution < 1.29 is 18.0 Å². The molecule has 1 saturated carbocycles. The molecule has 0 unspecified atom stereocenters. The number of carbonyl (C=O) groups is 2. The van der Waals surface area contributed by atoms with E-state index in [1.807, 2.05) is 54.6 Å². The number of halogens is 2. The number of anilines is 1. The third kappa shape index (κ3) is 8.54. The summed E-state index contributed by atoms with van der Waals surface area (Å²) >= 11 is 9.65. The highest BCUT2D eigenvalue weighted by atomic mass is 79.9. The molecule has 1 atom stereocenters. The van der Waals surface area contributed by atoms with Gasteiger partial charge in [0.2, 0.25) is 11.8 Å². The molecule has 7 nitrogen and oxygen atoms in total. The second kappa shape index (κ2) is 15.1. The number of hydrogen-bond donors (Lipinski definition) is 1. The summed E-state index contributed by atoms with van der Waals surface area (Å²) in [7, 11) is -4.16. The molecule has 2 amide bonds. The molecular weight excluding hydrogens is 674 g/mol. The van der Waals surface area contributed by atoms with Crippen LogP contribution < -0.4 is 9.62 Å². The van der Waals surface area contributed by atoms with Gasteiger partial charge in [-0.05, 0) is 72.5 Å². The molecule has 1 aliphatic rings. The van der Waals surface area contributed by atoms with E-state index in [0.717, 1.165) is 45.6 Å². The van der Waals surface area contributed by atoms with E-state index in [0.29, 0.717) is 5.02 Å². The maximum Gasteiger partial charge on any atom is 0.264 e. The van der Waals surface area contributed by atoms with Crippen molar-refractivity contribution in [2.24, 2.45) is 0 Å². The Bertz CT molecular complexity index is 1700. The summed E-state index contributed by atoms with van der Waals surface area (Å²) < 4.78 is 30.0. The van der Waals surface area contributed by atoms with E-state index in [-0.39, 0.29) is 35.5 Å².